The lowest BCUT2D eigenvalue weighted by Gasteiger charge is -2.40. The van der Waals surface area contributed by atoms with Crippen molar-refractivity contribution in [2.45, 2.75) is 24.5 Å². The topological polar surface area (TPSA) is 66.8 Å². The van der Waals surface area contributed by atoms with Crippen molar-refractivity contribution < 1.29 is 18.3 Å². The maximum Gasteiger partial charge on any atom is 0.480 e. The first-order valence-electron chi connectivity index (χ1n) is 9.51. The summed E-state index contributed by atoms with van der Waals surface area (Å²) in [4.78, 5) is 24.1. The largest absolute Gasteiger partial charge is 0.480 e. The predicted molar refractivity (Wildman–Crippen MR) is 125 cm³/mol. The van der Waals surface area contributed by atoms with E-state index >= 15 is 0 Å². The van der Waals surface area contributed by atoms with E-state index in [2.05, 4.69) is 0 Å². The number of phosphoric acid groups is 1. The summed E-state index contributed by atoms with van der Waals surface area (Å²) in [6, 6.07) is 36.3. The molecule has 31 heavy (non-hydrogen) atoms. The van der Waals surface area contributed by atoms with Gasteiger partial charge in [0.2, 0.25) is 0 Å². The smallest absolute Gasteiger partial charge is 0.302 e. The molecule has 0 spiro atoms. The van der Waals surface area contributed by atoms with Gasteiger partial charge in [0.15, 0.2) is 0 Å². The molecule has 4 aromatic rings. The Balaban J connectivity index is 1.85. The van der Waals surface area contributed by atoms with Crippen LogP contribution >= 0.6 is 29.9 Å². The fraction of sp³-hybridized carbons (Fsp3) is 0. The summed E-state index contributed by atoms with van der Waals surface area (Å²) in [7, 11) is -7.47. The van der Waals surface area contributed by atoms with E-state index in [1.165, 1.54) is 0 Å². The van der Waals surface area contributed by atoms with E-state index in [-0.39, 0.29) is 0 Å². The molecule has 7 heteroatoms. The summed E-state index contributed by atoms with van der Waals surface area (Å²) in [5.74, 6) is 0. The van der Waals surface area contributed by atoms with Gasteiger partial charge in [0.05, 0.1) is 0 Å². The second-order valence-electron chi connectivity index (χ2n) is 6.63. The molecule has 4 aromatic carbocycles. The van der Waals surface area contributed by atoms with E-state index in [0.717, 1.165) is 9.79 Å². The Labute approximate surface area is 187 Å². The van der Waals surface area contributed by atoms with Crippen LogP contribution in [0.3, 0.4) is 0 Å². The van der Waals surface area contributed by atoms with E-state index in [1.807, 2.05) is 115 Å². The van der Waals surface area contributed by atoms with Crippen LogP contribution in [0.5, 0.6) is 0 Å². The Bertz CT molecular complexity index is 1130. The van der Waals surface area contributed by atoms with Gasteiger partial charge in [0.25, 0.3) is 0 Å². The summed E-state index contributed by atoms with van der Waals surface area (Å²) >= 11 is 1.63. The van der Waals surface area contributed by atoms with Crippen LogP contribution in [-0.2, 0) is 8.54 Å². The minimum atomic E-state index is -4.82. The Morgan fingerprint density at radius 1 is 0.581 bits per heavy atom. The van der Waals surface area contributed by atoms with Gasteiger partial charge in [0.1, 0.15) is 0 Å². The highest BCUT2D eigenvalue weighted by Gasteiger charge is 2.38. The SMILES string of the molecule is O=P(O)(O)OS(c1ccccc1)(c1ccccc1)c1ccc(Sc2ccccc2)cc1. The zero-order chi connectivity index (χ0) is 21.7. The molecular formula is C24H21O4PS2. The zero-order valence-electron chi connectivity index (χ0n) is 16.4. The van der Waals surface area contributed by atoms with Gasteiger partial charge >= 0.3 is 7.82 Å². The summed E-state index contributed by atoms with van der Waals surface area (Å²) < 4.78 is 17.8. The molecule has 0 aromatic heterocycles. The molecule has 0 saturated heterocycles. The van der Waals surface area contributed by atoms with Crippen LogP contribution < -0.4 is 0 Å². The maximum atomic E-state index is 12.2. The van der Waals surface area contributed by atoms with Crippen molar-refractivity contribution in [1.29, 1.82) is 0 Å². The average molecular weight is 469 g/mol. The minimum Gasteiger partial charge on any atom is -0.302 e. The Hall–Kier alpha value is -2.31. The van der Waals surface area contributed by atoms with Gasteiger partial charge in [-0.25, -0.2) is 8.54 Å². The van der Waals surface area contributed by atoms with Crippen LogP contribution in [0.25, 0.3) is 0 Å². The highest BCUT2D eigenvalue weighted by Crippen LogP contribution is 2.74. The van der Waals surface area contributed by atoms with E-state index in [0.29, 0.717) is 14.7 Å². The fourth-order valence-electron chi connectivity index (χ4n) is 3.23. The minimum absolute atomic E-state index is 0.714. The van der Waals surface area contributed by atoms with Gasteiger partial charge in [-0.1, -0.05) is 66.4 Å². The first-order valence-corrected chi connectivity index (χ1v) is 13.4. The van der Waals surface area contributed by atoms with Crippen LogP contribution in [-0.4, -0.2) is 9.79 Å². The van der Waals surface area contributed by atoms with Gasteiger partial charge in [0, 0.05) is 24.5 Å². The molecule has 158 valence electrons. The Kier molecular flexibility index (Phi) is 6.68. The molecule has 0 heterocycles. The monoisotopic (exact) mass is 468 g/mol. The standard InChI is InChI=1S/C24H21O4PS2/c25-29(26,27)28-31(22-12-6-2-7-13-22,23-14-8-3-9-15-23)24-18-16-21(17-19-24)30-20-10-4-1-5-11-20/h1-19H,(H2,25,26,27). The van der Waals surface area contributed by atoms with Crippen molar-refractivity contribution in [2.75, 3.05) is 0 Å². The van der Waals surface area contributed by atoms with Crippen molar-refractivity contribution in [1.82, 2.24) is 0 Å². The number of hydrogen-bond acceptors (Lipinski definition) is 3. The second-order valence-corrected chi connectivity index (χ2v) is 11.9. The zero-order valence-corrected chi connectivity index (χ0v) is 19.0. The molecular weight excluding hydrogens is 447 g/mol. The third kappa shape index (κ3) is 5.13. The number of rotatable bonds is 7. The molecule has 0 unspecified atom stereocenters. The predicted octanol–water partition coefficient (Wildman–Crippen LogP) is 7.14. The van der Waals surface area contributed by atoms with Gasteiger partial charge in [-0.05, 0) is 71.0 Å². The molecule has 4 rings (SSSR count). The summed E-state index contributed by atoms with van der Waals surface area (Å²) in [6.45, 7) is 0. The van der Waals surface area contributed by atoms with Gasteiger partial charge < -0.3 is 9.79 Å². The maximum absolute atomic E-state index is 12.2. The van der Waals surface area contributed by atoms with E-state index in [1.54, 1.807) is 11.8 Å². The lowest BCUT2D eigenvalue weighted by atomic mass is 10.3. The first kappa shape index (κ1) is 21.9. The Morgan fingerprint density at radius 2 is 0.968 bits per heavy atom. The molecule has 2 N–H and O–H groups in total. The molecule has 0 fully saturated rings. The first-order chi connectivity index (χ1) is 15.0. The highest BCUT2D eigenvalue weighted by atomic mass is 32.3. The summed E-state index contributed by atoms with van der Waals surface area (Å²) in [5, 5.41) is 0. The highest BCUT2D eigenvalue weighted by molar-refractivity contribution is 8.31. The third-order valence-corrected chi connectivity index (χ3v) is 9.99. The van der Waals surface area contributed by atoms with Crippen LogP contribution in [0, 0.1) is 0 Å². The molecule has 0 atom stereocenters. The number of benzene rings is 4. The number of hydrogen-bond donors (Lipinski definition) is 2. The average Bonchev–Trinajstić information content (AvgIpc) is 2.79. The van der Waals surface area contributed by atoms with Crippen LogP contribution in [0.2, 0.25) is 0 Å². The molecule has 0 saturated carbocycles. The van der Waals surface area contributed by atoms with Gasteiger partial charge in [-0.2, -0.15) is 0 Å². The fourth-order valence-corrected chi connectivity index (χ4v) is 8.68. The Morgan fingerprint density at radius 3 is 1.42 bits per heavy atom. The van der Waals surface area contributed by atoms with Gasteiger partial charge in [-0.3, -0.25) is 0 Å². The van der Waals surface area contributed by atoms with Crippen molar-refractivity contribution in [2.24, 2.45) is 0 Å². The molecule has 0 amide bonds. The molecule has 0 aliphatic rings. The molecule has 0 aliphatic carbocycles. The molecule has 0 bridgehead atoms. The van der Waals surface area contributed by atoms with E-state index in [9.17, 15) is 14.4 Å². The van der Waals surface area contributed by atoms with Crippen molar-refractivity contribution in [3.05, 3.63) is 115 Å². The lowest BCUT2D eigenvalue weighted by Crippen LogP contribution is -2.07. The van der Waals surface area contributed by atoms with Gasteiger partial charge in [-0.15, -0.1) is 0 Å². The van der Waals surface area contributed by atoms with E-state index in [4.69, 9.17) is 3.97 Å². The van der Waals surface area contributed by atoms with Crippen LogP contribution in [0.1, 0.15) is 0 Å². The van der Waals surface area contributed by atoms with Crippen LogP contribution in [0.15, 0.2) is 140 Å². The van der Waals surface area contributed by atoms with Crippen molar-refractivity contribution >= 4 is 29.9 Å². The van der Waals surface area contributed by atoms with E-state index < -0.39 is 18.1 Å². The molecule has 0 aliphatic heterocycles. The second kappa shape index (κ2) is 9.45. The summed E-state index contributed by atoms with van der Waals surface area (Å²) in [6.07, 6.45) is 0. The third-order valence-electron chi connectivity index (χ3n) is 4.49. The molecule has 4 nitrogen and oxygen atoms in total. The van der Waals surface area contributed by atoms with Crippen molar-refractivity contribution in [3.8, 4) is 0 Å². The quantitative estimate of drug-likeness (QED) is 0.282. The normalized spacial score (nSPS) is 12.5. The van der Waals surface area contributed by atoms with Crippen LogP contribution in [0.4, 0.5) is 0 Å². The van der Waals surface area contributed by atoms with Crippen molar-refractivity contribution in [3.63, 3.8) is 0 Å². The lowest BCUT2D eigenvalue weighted by molar-refractivity contribution is 0.294. The molecule has 0 radical (unpaired) electrons. The summed E-state index contributed by atoms with van der Waals surface area (Å²) in [5.41, 5.74) is 0.